The van der Waals surface area contributed by atoms with Gasteiger partial charge in [0.25, 0.3) is 0 Å². The lowest BCUT2D eigenvalue weighted by Crippen LogP contribution is -2.41. The molecule has 0 aliphatic carbocycles. The second kappa shape index (κ2) is 9.62. The minimum absolute atomic E-state index is 0.00454. The van der Waals surface area contributed by atoms with Gasteiger partial charge < -0.3 is 10.1 Å². The van der Waals surface area contributed by atoms with E-state index in [0.717, 1.165) is 11.1 Å². The van der Waals surface area contributed by atoms with Gasteiger partial charge in [0, 0.05) is 19.0 Å². The highest BCUT2D eigenvalue weighted by Gasteiger charge is 2.31. The molecule has 0 atom stereocenters. The normalized spacial score (nSPS) is 15.9. The molecule has 0 unspecified atom stereocenters. The number of rotatable bonds is 7. The maximum atomic E-state index is 12.8. The van der Waals surface area contributed by atoms with E-state index in [4.69, 9.17) is 4.74 Å². The SMILES string of the molecule is Cc1cccc(CS(=O)(=O)N2CCC(C(=O)Nc3ccccc3OC(C)C)CC2)c1. The number of nitrogens with one attached hydrogen (secondary N) is 1. The number of nitrogens with zero attached hydrogens (tertiary/aromatic N) is 1. The first-order valence-corrected chi connectivity index (χ1v) is 12.0. The zero-order chi connectivity index (χ0) is 21.7. The third-order valence-corrected chi connectivity index (χ3v) is 7.01. The number of piperidine rings is 1. The van der Waals surface area contributed by atoms with Crippen LogP contribution in [0.4, 0.5) is 5.69 Å². The molecule has 7 heteroatoms. The highest BCUT2D eigenvalue weighted by atomic mass is 32.2. The lowest BCUT2D eigenvalue weighted by atomic mass is 9.97. The Morgan fingerprint density at radius 1 is 1.13 bits per heavy atom. The Morgan fingerprint density at radius 3 is 2.50 bits per heavy atom. The molecule has 1 amide bonds. The Morgan fingerprint density at radius 2 is 1.83 bits per heavy atom. The van der Waals surface area contributed by atoms with Crippen LogP contribution in [-0.4, -0.2) is 37.8 Å². The van der Waals surface area contributed by atoms with Crippen molar-refractivity contribution in [3.05, 3.63) is 59.7 Å². The summed E-state index contributed by atoms with van der Waals surface area (Å²) in [5, 5.41) is 2.95. The van der Waals surface area contributed by atoms with E-state index in [-0.39, 0.29) is 23.7 Å². The molecule has 1 aliphatic rings. The van der Waals surface area contributed by atoms with E-state index in [0.29, 0.717) is 37.4 Å². The number of para-hydroxylation sites is 2. The van der Waals surface area contributed by atoms with Gasteiger partial charge in [-0.25, -0.2) is 12.7 Å². The topological polar surface area (TPSA) is 75.7 Å². The standard InChI is InChI=1S/C23H30N2O4S/c1-17(2)29-22-10-5-4-9-21(22)24-23(26)20-11-13-25(14-12-20)30(27,28)16-19-8-6-7-18(3)15-19/h4-10,15,17,20H,11-14,16H2,1-3H3,(H,24,26). The predicted octanol–water partition coefficient (Wildman–Crippen LogP) is 3.96. The molecule has 1 aliphatic heterocycles. The van der Waals surface area contributed by atoms with Gasteiger partial charge >= 0.3 is 0 Å². The first-order valence-electron chi connectivity index (χ1n) is 10.3. The van der Waals surface area contributed by atoms with Gasteiger partial charge in [-0.3, -0.25) is 4.79 Å². The number of hydrogen-bond acceptors (Lipinski definition) is 4. The van der Waals surface area contributed by atoms with Crippen LogP contribution in [0, 0.1) is 12.8 Å². The molecule has 6 nitrogen and oxygen atoms in total. The van der Waals surface area contributed by atoms with Crippen LogP contribution in [0.1, 0.15) is 37.8 Å². The molecule has 0 bridgehead atoms. The fourth-order valence-corrected chi connectivity index (χ4v) is 5.21. The van der Waals surface area contributed by atoms with Crippen molar-refractivity contribution >= 4 is 21.6 Å². The van der Waals surface area contributed by atoms with Gasteiger partial charge in [0.1, 0.15) is 5.75 Å². The monoisotopic (exact) mass is 430 g/mol. The number of carbonyl (C=O) groups excluding carboxylic acids is 1. The zero-order valence-corrected chi connectivity index (χ0v) is 18.6. The van der Waals surface area contributed by atoms with Gasteiger partial charge in [-0.15, -0.1) is 0 Å². The van der Waals surface area contributed by atoms with Crippen molar-refractivity contribution in [2.45, 2.75) is 45.5 Å². The van der Waals surface area contributed by atoms with Gasteiger partial charge in [-0.1, -0.05) is 42.0 Å². The van der Waals surface area contributed by atoms with Crippen molar-refractivity contribution in [3.63, 3.8) is 0 Å². The molecule has 0 aromatic heterocycles. The second-order valence-corrected chi connectivity index (χ2v) is 10.0. The molecular weight excluding hydrogens is 400 g/mol. The summed E-state index contributed by atoms with van der Waals surface area (Å²) in [5.41, 5.74) is 2.47. The average Bonchev–Trinajstić information content (AvgIpc) is 2.69. The van der Waals surface area contributed by atoms with Gasteiger partial charge in [0.2, 0.25) is 15.9 Å². The summed E-state index contributed by atoms with van der Waals surface area (Å²) >= 11 is 0. The Hall–Kier alpha value is -2.38. The van der Waals surface area contributed by atoms with Gasteiger partial charge in [0.15, 0.2) is 0 Å². The molecule has 3 rings (SSSR count). The van der Waals surface area contributed by atoms with Crippen molar-refractivity contribution in [2.24, 2.45) is 5.92 Å². The van der Waals surface area contributed by atoms with Crippen molar-refractivity contribution in [1.82, 2.24) is 4.31 Å². The van der Waals surface area contributed by atoms with Crippen LogP contribution in [0.3, 0.4) is 0 Å². The highest BCUT2D eigenvalue weighted by molar-refractivity contribution is 7.88. The molecule has 2 aromatic carbocycles. The number of carbonyl (C=O) groups is 1. The summed E-state index contributed by atoms with van der Waals surface area (Å²) in [6.45, 7) is 6.54. The van der Waals surface area contributed by atoms with E-state index < -0.39 is 10.0 Å². The lowest BCUT2D eigenvalue weighted by Gasteiger charge is -2.30. The third kappa shape index (κ3) is 5.83. The van der Waals surface area contributed by atoms with Crippen LogP contribution >= 0.6 is 0 Å². The minimum Gasteiger partial charge on any atom is -0.489 e. The molecule has 0 radical (unpaired) electrons. The molecule has 1 fully saturated rings. The summed E-state index contributed by atoms with van der Waals surface area (Å²) < 4.78 is 32.8. The Labute approximate surface area is 179 Å². The van der Waals surface area contributed by atoms with Crippen LogP contribution in [0.2, 0.25) is 0 Å². The van der Waals surface area contributed by atoms with Crippen molar-refractivity contribution < 1.29 is 17.9 Å². The smallest absolute Gasteiger partial charge is 0.227 e. The Bertz CT molecular complexity index is 980. The van der Waals surface area contributed by atoms with E-state index in [1.807, 2.05) is 69.3 Å². The number of anilines is 1. The Balaban J connectivity index is 1.58. The largest absolute Gasteiger partial charge is 0.489 e. The minimum atomic E-state index is -3.40. The predicted molar refractivity (Wildman–Crippen MR) is 119 cm³/mol. The number of amides is 1. The molecule has 162 valence electrons. The maximum absolute atomic E-state index is 12.8. The quantitative estimate of drug-likeness (QED) is 0.721. The van der Waals surface area contributed by atoms with Crippen molar-refractivity contribution in [1.29, 1.82) is 0 Å². The number of ether oxygens (including phenoxy) is 1. The van der Waals surface area contributed by atoms with Crippen LogP contribution in [0.15, 0.2) is 48.5 Å². The van der Waals surface area contributed by atoms with Crippen LogP contribution in [0.5, 0.6) is 5.75 Å². The fraction of sp³-hybridized carbons (Fsp3) is 0.435. The summed E-state index contributed by atoms with van der Waals surface area (Å²) in [6, 6.07) is 14.9. The fourth-order valence-electron chi connectivity index (χ4n) is 3.66. The molecule has 1 N–H and O–H groups in total. The second-order valence-electron chi connectivity index (χ2n) is 8.07. The molecule has 2 aromatic rings. The summed E-state index contributed by atoms with van der Waals surface area (Å²) in [7, 11) is -3.40. The van der Waals surface area contributed by atoms with Crippen LogP contribution < -0.4 is 10.1 Å². The van der Waals surface area contributed by atoms with E-state index in [9.17, 15) is 13.2 Å². The summed E-state index contributed by atoms with van der Waals surface area (Å²) in [5.74, 6) is 0.318. The van der Waals surface area contributed by atoms with Crippen LogP contribution in [-0.2, 0) is 20.6 Å². The number of aryl methyl sites for hydroxylation is 1. The van der Waals surface area contributed by atoms with E-state index in [1.165, 1.54) is 4.31 Å². The van der Waals surface area contributed by atoms with E-state index >= 15 is 0 Å². The van der Waals surface area contributed by atoms with Gasteiger partial charge in [-0.2, -0.15) is 0 Å². The maximum Gasteiger partial charge on any atom is 0.227 e. The summed E-state index contributed by atoms with van der Waals surface area (Å²) in [6.07, 6.45) is 1.02. The average molecular weight is 431 g/mol. The molecule has 1 heterocycles. The first-order chi connectivity index (χ1) is 14.2. The lowest BCUT2D eigenvalue weighted by molar-refractivity contribution is -0.120. The molecule has 30 heavy (non-hydrogen) atoms. The van der Waals surface area contributed by atoms with E-state index in [1.54, 1.807) is 0 Å². The number of benzene rings is 2. The van der Waals surface area contributed by atoms with Crippen LogP contribution in [0.25, 0.3) is 0 Å². The molecule has 0 spiro atoms. The number of hydrogen-bond donors (Lipinski definition) is 1. The number of sulfonamides is 1. The van der Waals surface area contributed by atoms with Gasteiger partial charge in [-0.05, 0) is 51.3 Å². The molecule has 1 saturated heterocycles. The third-order valence-electron chi connectivity index (χ3n) is 5.16. The zero-order valence-electron chi connectivity index (χ0n) is 17.8. The molecular formula is C23H30N2O4S. The summed E-state index contributed by atoms with van der Waals surface area (Å²) in [4.78, 5) is 12.8. The molecule has 0 saturated carbocycles. The van der Waals surface area contributed by atoms with Crippen molar-refractivity contribution in [2.75, 3.05) is 18.4 Å². The Kier molecular flexibility index (Phi) is 7.15. The highest BCUT2D eigenvalue weighted by Crippen LogP contribution is 2.28. The first kappa shape index (κ1) is 22.3. The van der Waals surface area contributed by atoms with Gasteiger partial charge in [0.05, 0.1) is 17.5 Å². The van der Waals surface area contributed by atoms with E-state index in [2.05, 4.69) is 5.32 Å². The van der Waals surface area contributed by atoms with Crippen molar-refractivity contribution in [3.8, 4) is 5.75 Å².